The Bertz CT molecular complexity index is 608. The van der Waals surface area contributed by atoms with E-state index in [1.54, 1.807) is 6.07 Å². The van der Waals surface area contributed by atoms with Crippen molar-refractivity contribution in [3.05, 3.63) is 42.1 Å². The normalized spacial score (nSPS) is 10.1. The van der Waals surface area contributed by atoms with E-state index in [0.29, 0.717) is 12.3 Å². The van der Waals surface area contributed by atoms with Gasteiger partial charge in [-0.2, -0.15) is 0 Å². The number of hydrogen-bond donors (Lipinski definition) is 1. The molecule has 104 valence electrons. The first kappa shape index (κ1) is 13.9. The van der Waals surface area contributed by atoms with Gasteiger partial charge in [0.1, 0.15) is 11.5 Å². The van der Waals surface area contributed by atoms with Crippen molar-refractivity contribution in [1.29, 1.82) is 0 Å². The summed E-state index contributed by atoms with van der Waals surface area (Å²) in [5, 5.41) is 9.61. The number of hydrogen-bond acceptors (Lipinski definition) is 5. The van der Waals surface area contributed by atoms with Crippen molar-refractivity contribution in [3.8, 4) is 22.8 Å². The van der Waals surface area contributed by atoms with E-state index in [1.165, 1.54) is 13.2 Å². The highest BCUT2D eigenvalue weighted by Crippen LogP contribution is 2.24. The number of pyridine rings is 1. The standard InChI is InChI=1S/C15H15NO4/c1-3-20-11-6-4-10(5-7-11)12-8-9-13(17)14(16-12)15(18)19-2/h4-9,17H,3H2,1-2H3. The number of nitrogens with zero attached hydrogens (tertiary/aromatic N) is 1. The number of esters is 1. The van der Waals surface area contributed by atoms with Gasteiger partial charge in [-0.15, -0.1) is 0 Å². The number of aromatic hydroxyl groups is 1. The first-order valence-corrected chi connectivity index (χ1v) is 6.17. The van der Waals surface area contributed by atoms with Crippen LogP contribution in [0.4, 0.5) is 0 Å². The van der Waals surface area contributed by atoms with Crippen LogP contribution in [-0.2, 0) is 4.74 Å². The van der Waals surface area contributed by atoms with Crippen LogP contribution in [0.2, 0.25) is 0 Å². The lowest BCUT2D eigenvalue weighted by molar-refractivity contribution is 0.0590. The van der Waals surface area contributed by atoms with Crippen LogP contribution < -0.4 is 4.74 Å². The van der Waals surface area contributed by atoms with Crippen molar-refractivity contribution in [2.45, 2.75) is 6.92 Å². The smallest absolute Gasteiger partial charge is 0.360 e. The third kappa shape index (κ3) is 2.88. The predicted molar refractivity (Wildman–Crippen MR) is 73.8 cm³/mol. The average Bonchev–Trinajstić information content (AvgIpc) is 2.48. The average molecular weight is 273 g/mol. The number of ether oxygens (including phenoxy) is 2. The maximum Gasteiger partial charge on any atom is 0.360 e. The van der Waals surface area contributed by atoms with E-state index in [0.717, 1.165) is 11.3 Å². The van der Waals surface area contributed by atoms with Crippen molar-refractivity contribution >= 4 is 5.97 Å². The topological polar surface area (TPSA) is 68.7 Å². The molecule has 1 heterocycles. The highest BCUT2D eigenvalue weighted by Gasteiger charge is 2.14. The van der Waals surface area contributed by atoms with E-state index in [-0.39, 0.29) is 11.4 Å². The molecule has 1 N–H and O–H groups in total. The molecule has 2 rings (SSSR count). The molecule has 0 fully saturated rings. The Morgan fingerprint density at radius 3 is 2.50 bits per heavy atom. The van der Waals surface area contributed by atoms with Gasteiger partial charge < -0.3 is 14.6 Å². The second-order valence-corrected chi connectivity index (χ2v) is 4.01. The maximum atomic E-state index is 11.5. The van der Waals surface area contributed by atoms with Crippen LogP contribution in [0.3, 0.4) is 0 Å². The molecule has 5 nitrogen and oxygen atoms in total. The molecule has 0 aliphatic carbocycles. The highest BCUT2D eigenvalue weighted by molar-refractivity contribution is 5.90. The zero-order valence-electron chi connectivity index (χ0n) is 11.3. The fraction of sp³-hybridized carbons (Fsp3) is 0.200. The van der Waals surface area contributed by atoms with Gasteiger partial charge in [-0.05, 0) is 43.3 Å². The monoisotopic (exact) mass is 273 g/mol. The summed E-state index contributed by atoms with van der Waals surface area (Å²) in [5.41, 5.74) is 1.30. The quantitative estimate of drug-likeness (QED) is 0.867. The van der Waals surface area contributed by atoms with Gasteiger partial charge in [0.25, 0.3) is 0 Å². The third-order valence-electron chi connectivity index (χ3n) is 2.71. The van der Waals surface area contributed by atoms with Crippen LogP contribution in [0, 0.1) is 0 Å². The van der Waals surface area contributed by atoms with Gasteiger partial charge in [0.05, 0.1) is 19.4 Å². The lowest BCUT2D eigenvalue weighted by Crippen LogP contribution is -2.05. The Kier molecular flexibility index (Phi) is 4.20. The molecule has 0 saturated carbocycles. The fourth-order valence-electron chi connectivity index (χ4n) is 1.75. The van der Waals surface area contributed by atoms with Gasteiger partial charge in [0, 0.05) is 5.56 Å². The molecule has 0 saturated heterocycles. The van der Waals surface area contributed by atoms with Crippen molar-refractivity contribution in [2.24, 2.45) is 0 Å². The number of carbonyl (C=O) groups excluding carboxylic acids is 1. The van der Waals surface area contributed by atoms with Gasteiger partial charge in [-0.25, -0.2) is 9.78 Å². The first-order chi connectivity index (χ1) is 9.65. The van der Waals surface area contributed by atoms with E-state index in [1.807, 2.05) is 31.2 Å². The number of methoxy groups -OCH3 is 1. The van der Waals surface area contributed by atoms with Crippen LogP contribution in [0.15, 0.2) is 36.4 Å². The van der Waals surface area contributed by atoms with Gasteiger partial charge in [-0.3, -0.25) is 0 Å². The molecular weight excluding hydrogens is 258 g/mol. The summed E-state index contributed by atoms with van der Waals surface area (Å²) in [6.45, 7) is 2.52. The van der Waals surface area contributed by atoms with Gasteiger partial charge >= 0.3 is 5.97 Å². The lowest BCUT2D eigenvalue weighted by Gasteiger charge is -2.07. The second-order valence-electron chi connectivity index (χ2n) is 4.01. The molecule has 0 bridgehead atoms. The second kappa shape index (κ2) is 6.06. The van der Waals surface area contributed by atoms with E-state index in [2.05, 4.69) is 9.72 Å². The van der Waals surface area contributed by atoms with Crippen molar-refractivity contribution in [2.75, 3.05) is 13.7 Å². The van der Waals surface area contributed by atoms with Crippen LogP contribution >= 0.6 is 0 Å². The number of aromatic nitrogens is 1. The SMILES string of the molecule is CCOc1ccc(-c2ccc(O)c(C(=O)OC)n2)cc1. The minimum atomic E-state index is -0.671. The zero-order valence-corrected chi connectivity index (χ0v) is 11.3. The van der Waals surface area contributed by atoms with Crippen LogP contribution in [-0.4, -0.2) is 29.8 Å². The lowest BCUT2D eigenvalue weighted by atomic mass is 10.1. The first-order valence-electron chi connectivity index (χ1n) is 6.17. The number of benzene rings is 1. The molecule has 5 heteroatoms. The Morgan fingerprint density at radius 2 is 1.90 bits per heavy atom. The summed E-state index contributed by atoms with van der Waals surface area (Å²) < 4.78 is 9.94. The number of carbonyl (C=O) groups is 1. The molecule has 2 aromatic rings. The van der Waals surface area contributed by atoms with Crippen LogP contribution in [0.25, 0.3) is 11.3 Å². The Labute approximate surface area is 116 Å². The van der Waals surface area contributed by atoms with E-state index in [9.17, 15) is 9.90 Å². The largest absolute Gasteiger partial charge is 0.505 e. The summed E-state index contributed by atoms with van der Waals surface area (Å²) in [7, 11) is 1.24. The molecule has 0 aliphatic heterocycles. The third-order valence-corrected chi connectivity index (χ3v) is 2.71. The summed E-state index contributed by atoms with van der Waals surface area (Å²) in [6, 6.07) is 10.4. The summed E-state index contributed by atoms with van der Waals surface area (Å²) in [4.78, 5) is 15.6. The molecule has 0 radical (unpaired) electrons. The van der Waals surface area contributed by atoms with E-state index in [4.69, 9.17) is 4.74 Å². The van der Waals surface area contributed by atoms with E-state index < -0.39 is 5.97 Å². The zero-order chi connectivity index (χ0) is 14.5. The molecule has 0 unspecified atom stereocenters. The summed E-state index contributed by atoms with van der Waals surface area (Å²) in [6.07, 6.45) is 0. The Morgan fingerprint density at radius 1 is 1.20 bits per heavy atom. The number of rotatable bonds is 4. The van der Waals surface area contributed by atoms with E-state index >= 15 is 0 Å². The molecule has 0 spiro atoms. The highest BCUT2D eigenvalue weighted by atomic mass is 16.5. The summed E-state index contributed by atoms with van der Waals surface area (Å²) in [5.74, 6) is -0.106. The van der Waals surface area contributed by atoms with Gasteiger partial charge in [-0.1, -0.05) is 0 Å². The maximum absolute atomic E-state index is 11.5. The minimum absolute atomic E-state index is 0.0983. The molecule has 1 aromatic heterocycles. The van der Waals surface area contributed by atoms with Crippen molar-refractivity contribution in [1.82, 2.24) is 4.98 Å². The fourth-order valence-corrected chi connectivity index (χ4v) is 1.75. The van der Waals surface area contributed by atoms with Gasteiger partial charge in [0.15, 0.2) is 5.69 Å². The van der Waals surface area contributed by atoms with Crippen molar-refractivity contribution < 1.29 is 19.4 Å². The summed E-state index contributed by atoms with van der Waals surface area (Å²) >= 11 is 0. The van der Waals surface area contributed by atoms with Gasteiger partial charge in [0.2, 0.25) is 0 Å². The predicted octanol–water partition coefficient (Wildman–Crippen LogP) is 2.64. The molecule has 0 atom stereocenters. The Hall–Kier alpha value is -2.56. The van der Waals surface area contributed by atoms with Crippen LogP contribution in [0.5, 0.6) is 11.5 Å². The van der Waals surface area contributed by atoms with Crippen molar-refractivity contribution in [3.63, 3.8) is 0 Å². The molecule has 0 aliphatic rings. The van der Waals surface area contributed by atoms with Crippen LogP contribution in [0.1, 0.15) is 17.4 Å². The molecule has 0 amide bonds. The molecule has 20 heavy (non-hydrogen) atoms. The minimum Gasteiger partial charge on any atom is -0.505 e. The Balaban J connectivity index is 2.35. The molecular formula is C15H15NO4. The molecule has 1 aromatic carbocycles.